The van der Waals surface area contributed by atoms with Crippen molar-refractivity contribution in [1.82, 2.24) is 15.8 Å². The van der Waals surface area contributed by atoms with Gasteiger partial charge >= 0.3 is 0 Å². The molecule has 0 spiro atoms. The lowest BCUT2D eigenvalue weighted by molar-refractivity contribution is 0.0850. The number of carbonyl (C=O) groups excluding carboxylic acids is 1. The van der Waals surface area contributed by atoms with Crippen LogP contribution in [0.1, 0.15) is 17.3 Å². The third-order valence-corrected chi connectivity index (χ3v) is 4.12. The van der Waals surface area contributed by atoms with E-state index in [-0.39, 0.29) is 5.91 Å². The summed E-state index contributed by atoms with van der Waals surface area (Å²) in [5, 5.41) is 0. The van der Waals surface area contributed by atoms with E-state index in [1.165, 1.54) is 4.90 Å². The molecular weight excluding hydrogens is 348 g/mol. The minimum Gasteiger partial charge on any atom is -0.493 e. The number of aliphatic imine (C=N–C) groups is 1. The molecule has 0 aliphatic carbocycles. The zero-order valence-electron chi connectivity index (χ0n) is 14.9. The van der Waals surface area contributed by atoms with E-state index in [1.807, 2.05) is 31.2 Å². The summed E-state index contributed by atoms with van der Waals surface area (Å²) < 4.78 is 16.7. The van der Waals surface area contributed by atoms with Crippen LogP contribution in [-0.4, -0.2) is 43.3 Å². The molecule has 0 atom stereocenters. The smallest absolute Gasteiger partial charge is 0.265 e. The molecule has 0 bridgehead atoms. The molecule has 2 aromatic rings. The molecular formula is C19H20N4O4. The second kappa shape index (κ2) is 7.55. The maximum atomic E-state index is 13.0. The van der Waals surface area contributed by atoms with Gasteiger partial charge in [0.05, 0.1) is 24.5 Å². The molecule has 2 heterocycles. The maximum Gasteiger partial charge on any atom is 0.265 e. The molecule has 8 nitrogen and oxygen atoms in total. The Kier molecular flexibility index (Phi) is 4.80. The summed E-state index contributed by atoms with van der Waals surface area (Å²) in [5.41, 5.74) is 7.00. The Labute approximate surface area is 156 Å². The van der Waals surface area contributed by atoms with E-state index in [2.05, 4.69) is 15.8 Å². The van der Waals surface area contributed by atoms with Crippen molar-refractivity contribution in [2.45, 2.75) is 6.92 Å². The lowest BCUT2D eigenvalue weighted by atomic mass is 10.2. The topological polar surface area (TPSA) is 84.4 Å². The van der Waals surface area contributed by atoms with E-state index in [9.17, 15) is 4.79 Å². The first-order valence-corrected chi connectivity index (χ1v) is 8.77. The van der Waals surface area contributed by atoms with Crippen molar-refractivity contribution in [3.8, 4) is 17.2 Å². The van der Waals surface area contributed by atoms with Crippen LogP contribution in [0.4, 0.5) is 5.69 Å². The fourth-order valence-electron chi connectivity index (χ4n) is 2.89. The second-order valence-corrected chi connectivity index (χ2v) is 5.89. The normalized spacial score (nSPS) is 16.9. The van der Waals surface area contributed by atoms with Gasteiger partial charge in [-0.1, -0.05) is 12.1 Å². The number of guanidine groups is 1. The van der Waals surface area contributed by atoms with Gasteiger partial charge in [-0.2, -0.15) is 0 Å². The van der Waals surface area contributed by atoms with Gasteiger partial charge in [-0.15, -0.1) is 0 Å². The third kappa shape index (κ3) is 3.52. The number of amides is 1. The molecule has 8 heteroatoms. The highest BCUT2D eigenvalue weighted by Gasteiger charge is 2.28. The summed E-state index contributed by atoms with van der Waals surface area (Å²) in [4.78, 5) is 19.1. The summed E-state index contributed by atoms with van der Waals surface area (Å²) in [5.74, 6) is 2.10. The highest BCUT2D eigenvalue weighted by atomic mass is 16.6. The van der Waals surface area contributed by atoms with Crippen LogP contribution >= 0.6 is 0 Å². The lowest BCUT2D eigenvalue weighted by Gasteiger charge is -2.19. The van der Waals surface area contributed by atoms with Gasteiger partial charge in [-0.05, 0) is 31.2 Å². The van der Waals surface area contributed by atoms with Crippen molar-refractivity contribution in [2.24, 2.45) is 4.99 Å². The number of rotatable bonds is 4. The van der Waals surface area contributed by atoms with Gasteiger partial charge in [0.2, 0.25) is 5.96 Å². The summed E-state index contributed by atoms with van der Waals surface area (Å²) in [7, 11) is 0. The van der Waals surface area contributed by atoms with Crippen LogP contribution in [0.5, 0.6) is 17.2 Å². The standard InChI is InChI=1S/C19H20N4O4/c1-2-25-15-6-4-3-5-14(15)18(24)23-12-20-22-19(23)21-13-7-8-16-17(11-13)27-10-9-26-16/h3-8,11,20H,2,9-10,12H2,1H3,(H,21,22). The molecule has 1 fully saturated rings. The number of hydrazine groups is 1. The number of nitrogens with one attached hydrogen (secondary N) is 2. The number of carbonyl (C=O) groups is 1. The zero-order valence-corrected chi connectivity index (χ0v) is 14.9. The molecule has 2 aromatic carbocycles. The number of para-hydroxylation sites is 1. The molecule has 0 saturated carbocycles. The monoisotopic (exact) mass is 368 g/mol. The molecule has 1 saturated heterocycles. The Bertz CT molecular complexity index is 884. The molecule has 2 aliphatic heterocycles. The van der Waals surface area contributed by atoms with Crippen molar-refractivity contribution in [3.63, 3.8) is 0 Å². The van der Waals surface area contributed by atoms with E-state index in [0.29, 0.717) is 60.9 Å². The van der Waals surface area contributed by atoms with Gasteiger partial charge < -0.3 is 14.2 Å². The number of fused-ring (bicyclic) bond motifs is 1. The Morgan fingerprint density at radius 1 is 1.19 bits per heavy atom. The average molecular weight is 368 g/mol. The zero-order chi connectivity index (χ0) is 18.6. The van der Waals surface area contributed by atoms with Crippen LogP contribution < -0.4 is 25.1 Å². The number of ether oxygens (including phenoxy) is 3. The molecule has 0 aromatic heterocycles. The van der Waals surface area contributed by atoms with E-state index in [4.69, 9.17) is 14.2 Å². The van der Waals surface area contributed by atoms with Crippen LogP contribution in [0.15, 0.2) is 47.5 Å². The fourth-order valence-corrected chi connectivity index (χ4v) is 2.89. The Morgan fingerprint density at radius 3 is 2.85 bits per heavy atom. The predicted octanol–water partition coefficient (Wildman–Crippen LogP) is 2.05. The molecule has 1 amide bonds. The second-order valence-electron chi connectivity index (χ2n) is 5.89. The first-order chi connectivity index (χ1) is 13.3. The Morgan fingerprint density at radius 2 is 2.00 bits per heavy atom. The molecule has 0 unspecified atom stereocenters. The van der Waals surface area contributed by atoms with E-state index >= 15 is 0 Å². The van der Waals surface area contributed by atoms with Crippen LogP contribution in [-0.2, 0) is 0 Å². The molecule has 140 valence electrons. The van der Waals surface area contributed by atoms with Gasteiger partial charge in [0.15, 0.2) is 11.5 Å². The summed E-state index contributed by atoms with van der Waals surface area (Å²) in [6.45, 7) is 3.70. The van der Waals surface area contributed by atoms with Gasteiger partial charge in [0, 0.05) is 6.07 Å². The first kappa shape index (κ1) is 17.2. The van der Waals surface area contributed by atoms with Crippen molar-refractivity contribution < 1.29 is 19.0 Å². The highest BCUT2D eigenvalue weighted by molar-refractivity contribution is 6.08. The Balaban J connectivity index is 1.61. The van der Waals surface area contributed by atoms with Crippen LogP contribution in [0.2, 0.25) is 0 Å². The Hall–Kier alpha value is -3.26. The molecule has 2 aliphatic rings. The molecule has 27 heavy (non-hydrogen) atoms. The number of nitrogens with zero attached hydrogens (tertiary/aromatic N) is 2. The number of hydrogen-bond acceptors (Lipinski definition) is 6. The summed E-state index contributed by atoms with van der Waals surface area (Å²) >= 11 is 0. The van der Waals surface area contributed by atoms with Gasteiger partial charge in [0.25, 0.3) is 5.91 Å². The van der Waals surface area contributed by atoms with E-state index in [1.54, 1.807) is 18.2 Å². The lowest BCUT2D eigenvalue weighted by Crippen LogP contribution is -2.35. The highest BCUT2D eigenvalue weighted by Crippen LogP contribution is 2.33. The average Bonchev–Trinajstić information content (AvgIpc) is 3.16. The van der Waals surface area contributed by atoms with Crippen molar-refractivity contribution in [2.75, 3.05) is 26.5 Å². The maximum absolute atomic E-state index is 13.0. The van der Waals surface area contributed by atoms with Crippen LogP contribution in [0, 0.1) is 0 Å². The van der Waals surface area contributed by atoms with Crippen LogP contribution in [0.3, 0.4) is 0 Å². The molecule has 0 radical (unpaired) electrons. The van der Waals surface area contributed by atoms with Crippen molar-refractivity contribution in [3.05, 3.63) is 48.0 Å². The minimum atomic E-state index is -0.201. The van der Waals surface area contributed by atoms with Crippen molar-refractivity contribution in [1.29, 1.82) is 0 Å². The minimum absolute atomic E-state index is 0.201. The summed E-state index contributed by atoms with van der Waals surface area (Å²) in [6, 6.07) is 12.6. The largest absolute Gasteiger partial charge is 0.493 e. The van der Waals surface area contributed by atoms with Crippen molar-refractivity contribution >= 4 is 17.6 Å². The molecule has 2 N–H and O–H groups in total. The van der Waals surface area contributed by atoms with Gasteiger partial charge in [0.1, 0.15) is 19.0 Å². The third-order valence-electron chi connectivity index (χ3n) is 4.12. The SMILES string of the molecule is CCOc1ccccc1C(=O)N1CNNC1=Nc1ccc2c(c1)OCCO2. The number of benzene rings is 2. The number of hydrogen-bond donors (Lipinski definition) is 2. The van der Waals surface area contributed by atoms with Crippen LogP contribution in [0.25, 0.3) is 0 Å². The fraction of sp³-hybridized carbons (Fsp3) is 0.263. The predicted molar refractivity (Wildman–Crippen MR) is 99.4 cm³/mol. The van der Waals surface area contributed by atoms with Gasteiger partial charge in [-0.25, -0.2) is 10.4 Å². The first-order valence-electron chi connectivity index (χ1n) is 8.77. The van der Waals surface area contributed by atoms with Gasteiger partial charge in [-0.3, -0.25) is 15.1 Å². The quantitative estimate of drug-likeness (QED) is 0.859. The summed E-state index contributed by atoms with van der Waals surface area (Å²) in [6.07, 6.45) is 0. The van der Waals surface area contributed by atoms with E-state index < -0.39 is 0 Å². The molecule has 4 rings (SSSR count). The van der Waals surface area contributed by atoms with E-state index in [0.717, 1.165) is 0 Å².